The monoisotopic (exact) mass is 203 g/mol. The van der Waals surface area contributed by atoms with Gasteiger partial charge in [-0.05, 0) is 12.8 Å². The minimum absolute atomic E-state index is 0.110. The maximum atomic E-state index is 11.3. The van der Waals surface area contributed by atoms with E-state index < -0.39 is 10.0 Å². The van der Waals surface area contributed by atoms with Crippen molar-refractivity contribution in [3.63, 3.8) is 0 Å². The highest BCUT2D eigenvalue weighted by Crippen LogP contribution is 2.00. The molecule has 0 aromatic heterocycles. The fraction of sp³-hybridized carbons (Fsp3) is 0.778. The van der Waals surface area contributed by atoms with E-state index in [1.165, 1.54) is 0 Å². The molecule has 76 valence electrons. The van der Waals surface area contributed by atoms with Crippen LogP contribution in [-0.4, -0.2) is 20.2 Å². The average molecular weight is 203 g/mol. The molecule has 0 bridgehead atoms. The Morgan fingerprint density at radius 3 is 2.46 bits per heavy atom. The summed E-state index contributed by atoms with van der Waals surface area (Å²) in [6.45, 7) is 3.75. The van der Waals surface area contributed by atoms with Crippen molar-refractivity contribution in [3.05, 3.63) is 0 Å². The van der Waals surface area contributed by atoms with E-state index in [2.05, 4.69) is 10.6 Å². The lowest BCUT2D eigenvalue weighted by atomic mass is 10.2. The fourth-order valence-corrected chi connectivity index (χ4v) is 2.41. The van der Waals surface area contributed by atoms with E-state index in [1.807, 2.05) is 13.8 Å². The third-order valence-electron chi connectivity index (χ3n) is 1.68. The normalized spacial score (nSPS) is 13.6. The van der Waals surface area contributed by atoms with Crippen LogP contribution < -0.4 is 4.72 Å². The standard InChI is InChI=1S/C9H17NO2S/c1-4-7-9(6-3)10-13(11,12)8-5-2/h1,9-10H,5-8H2,2-3H3. The van der Waals surface area contributed by atoms with Crippen molar-refractivity contribution in [1.29, 1.82) is 0 Å². The van der Waals surface area contributed by atoms with Crippen LogP contribution in [0.5, 0.6) is 0 Å². The van der Waals surface area contributed by atoms with Crippen molar-refractivity contribution in [2.45, 2.75) is 39.2 Å². The van der Waals surface area contributed by atoms with Gasteiger partial charge < -0.3 is 0 Å². The summed E-state index contributed by atoms with van der Waals surface area (Å²) >= 11 is 0. The van der Waals surface area contributed by atoms with Gasteiger partial charge in [-0.1, -0.05) is 13.8 Å². The van der Waals surface area contributed by atoms with E-state index in [0.717, 1.165) is 6.42 Å². The van der Waals surface area contributed by atoms with Gasteiger partial charge in [-0.3, -0.25) is 0 Å². The molecule has 0 aliphatic heterocycles. The van der Waals surface area contributed by atoms with E-state index in [9.17, 15) is 8.42 Å². The Morgan fingerprint density at radius 1 is 1.46 bits per heavy atom. The first-order valence-electron chi connectivity index (χ1n) is 4.49. The highest BCUT2D eigenvalue weighted by atomic mass is 32.2. The van der Waals surface area contributed by atoms with Crippen LogP contribution in [0.15, 0.2) is 0 Å². The van der Waals surface area contributed by atoms with Crippen LogP contribution in [0, 0.1) is 12.3 Å². The quantitative estimate of drug-likeness (QED) is 0.657. The van der Waals surface area contributed by atoms with E-state index in [-0.39, 0.29) is 11.8 Å². The largest absolute Gasteiger partial charge is 0.212 e. The lowest BCUT2D eigenvalue weighted by Gasteiger charge is -2.13. The highest BCUT2D eigenvalue weighted by Gasteiger charge is 2.14. The smallest absolute Gasteiger partial charge is 0.211 e. The summed E-state index contributed by atoms with van der Waals surface area (Å²) in [5, 5.41) is 0. The molecule has 0 rings (SSSR count). The first-order chi connectivity index (χ1) is 6.05. The number of hydrogen-bond acceptors (Lipinski definition) is 2. The molecule has 13 heavy (non-hydrogen) atoms. The predicted octanol–water partition coefficient (Wildman–Crippen LogP) is 1.12. The van der Waals surface area contributed by atoms with Crippen LogP contribution in [0.4, 0.5) is 0 Å². The molecule has 1 unspecified atom stereocenters. The zero-order valence-electron chi connectivity index (χ0n) is 8.21. The Balaban J connectivity index is 4.16. The molecule has 0 aliphatic rings. The molecule has 0 aliphatic carbocycles. The van der Waals surface area contributed by atoms with Crippen molar-refractivity contribution >= 4 is 10.0 Å². The summed E-state index contributed by atoms with van der Waals surface area (Å²) in [6, 6.07) is -0.110. The van der Waals surface area contributed by atoms with Gasteiger partial charge in [-0.25, -0.2) is 13.1 Å². The number of nitrogens with one attached hydrogen (secondary N) is 1. The maximum Gasteiger partial charge on any atom is 0.211 e. The molecule has 1 N–H and O–H groups in total. The first-order valence-corrected chi connectivity index (χ1v) is 6.14. The van der Waals surface area contributed by atoms with Crippen LogP contribution in [0.3, 0.4) is 0 Å². The molecule has 0 radical (unpaired) electrons. The molecule has 0 saturated carbocycles. The van der Waals surface area contributed by atoms with Crippen molar-refractivity contribution < 1.29 is 8.42 Å². The van der Waals surface area contributed by atoms with E-state index in [0.29, 0.717) is 12.8 Å². The molecule has 0 aromatic rings. The summed E-state index contributed by atoms with van der Waals surface area (Å²) in [4.78, 5) is 0. The third kappa shape index (κ3) is 5.67. The zero-order valence-corrected chi connectivity index (χ0v) is 9.02. The first kappa shape index (κ1) is 12.5. The molecule has 4 heteroatoms. The van der Waals surface area contributed by atoms with Gasteiger partial charge in [0.15, 0.2) is 0 Å². The van der Waals surface area contributed by atoms with Crippen LogP contribution in [0.25, 0.3) is 0 Å². The molecule has 3 nitrogen and oxygen atoms in total. The Kier molecular flexibility index (Phi) is 5.76. The summed E-state index contributed by atoms with van der Waals surface area (Å²) < 4.78 is 25.2. The summed E-state index contributed by atoms with van der Waals surface area (Å²) in [5.74, 6) is 2.63. The molecular formula is C9H17NO2S. The van der Waals surface area contributed by atoms with Gasteiger partial charge in [0.05, 0.1) is 5.75 Å². The average Bonchev–Trinajstić information content (AvgIpc) is 2.03. The number of rotatable bonds is 6. The summed E-state index contributed by atoms with van der Waals surface area (Å²) in [7, 11) is -3.11. The van der Waals surface area contributed by atoms with Crippen molar-refractivity contribution in [1.82, 2.24) is 4.72 Å². The zero-order chi connectivity index (χ0) is 10.3. The van der Waals surface area contributed by atoms with Crippen LogP contribution in [0.1, 0.15) is 33.1 Å². The lowest BCUT2D eigenvalue weighted by Crippen LogP contribution is -2.35. The lowest BCUT2D eigenvalue weighted by molar-refractivity contribution is 0.543. The Bertz CT molecular complexity index is 264. The SMILES string of the molecule is C#CCC(CC)NS(=O)(=O)CCC. The summed E-state index contributed by atoms with van der Waals surface area (Å²) in [5.41, 5.74) is 0. The van der Waals surface area contributed by atoms with Crippen LogP contribution >= 0.6 is 0 Å². The molecular weight excluding hydrogens is 186 g/mol. The molecule has 0 spiro atoms. The van der Waals surface area contributed by atoms with Gasteiger partial charge in [0.1, 0.15) is 0 Å². The van der Waals surface area contributed by atoms with E-state index >= 15 is 0 Å². The second kappa shape index (κ2) is 6.01. The second-order valence-electron chi connectivity index (χ2n) is 2.95. The topological polar surface area (TPSA) is 46.2 Å². The van der Waals surface area contributed by atoms with Gasteiger partial charge in [0.2, 0.25) is 10.0 Å². The van der Waals surface area contributed by atoms with Crippen molar-refractivity contribution in [3.8, 4) is 12.3 Å². The van der Waals surface area contributed by atoms with Crippen LogP contribution in [-0.2, 0) is 10.0 Å². The van der Waals surface area contributed by atoms with Crippen LogP contribution in [0.2, 0.25) is 0 Å². The Hall–Kier alpha value is -0.530. The van der Waals surface area contributed by atoms with Crippen molar-refractivity contribution in [2.75, 3.05) is 5.75 Å². The molecule has 0 amide bonds. The van der Waals surface area contributed by atoms with Gasteiger partial charge in [0, 0.05) is 12.5 Å². The minimum Gasteiger partial charge on any atom is -0.212 e. The number of terminal acetylenes is 1. The Morgan fingerprint density at radius 2 is 2.08 bits per heavy atom. The molecule has 0 fully saturated rings. The maximum absolute atomic E-state index is 11.3. The molecule has 1 atom stereocenters. The van der Waals surface area contributed by atoms with Gasteiger partial charge >= 0.3 is 0 Å². The minimum atomic E-state index is -3.11. The van der Waals surface area contributed by atoms with Gasteiger partial charge in [0.25, 0.3) is 0 Å². The second-order valence-corrected chi connectivity index (χ2v) is 4.82. The predicted molar refractivity (Wildman–Crippen MR) is 54.7 cm³/mol. The summed E-state index contributed by atoms with van der Waals surface area (Å²) in [6.07, 6.45) is 6.93. The Labute approximate surface area is 81.0 Å². The third-order valence-corrected chi connectivity index (χ3v) is 3.31. The fourth-order valence-electron chi connectivity index (χ4n) is 0.993. The number of hydrogen-bond donors (Lipinski definition) is 1. The van der Waals surface area contributed by atoms with E-state index in [1.54, 1.807) is 0 Å². The van der Waals surface area contributed by atoms with Gasteiger partial charge in [-0.2, -0.15) is 0 Å². The molecule has 0 heterocycles. The number of sulfonamides is 1. The van der Waals surface area contributed by atoms with Crippen molar-refractivity contribution in [2.24, 2.45) is 0 Å². The molecule has 0 aromatic carbocycles. The highest BCUT2D eigenvalue weighted by molar-refractivity contribution is 7.89. The van der Waals surface area contributed by atoms with Gasteiger partial charge in [-0.15, -0.1) is 12.3 Å². The van der Waals surface area contributed by atoms with E-state index in [4.69, 9.17) is 6.42 Å². The molecule has 0 saturated heterocycles.